The number of halogens is 1. The molecule has 2 heterocycles. The molecule has 0 N–H and O–H groups in total. The molecule has 0 saturated carbocycles. The molecule has 0 aliphatic carbocycles. The second-order valence-electron chi connectivity index (χ2n) is 6.98. The number of rotatable bonds is 5. The molecule has 0 saturated heterocycles. The lowest BCUT2D eigenvalue weighted by Gasteiger charge is -2.14. The third-order valence-corrected chi connectivity index (χ3v) is 4.90. The van der Waals surface area contributed by atoms with Crippen molar-refractivity contribution >= 4 is 16.8 Å². The van der Waals surface area contributed by atoms with Gasteiger partial charge in [-0.2, -0.15) is 0 Å². The number of hydrogen-bond acceptors (Lipinski definition) is 4. The van der Waals surface area contributed by atoms with E-state index in [1.165, 1.54) is 25.4 Å². The van der Waals surface area contributed by atoms with Gasteiger partial charge in [0.15, 0.2) is 0 Å². The third kappa shape index (κ3) is 3.59. The number of ether oxygens (including phenoxy) is 1. The van der Waals surface area contributed by atoms with Crippen LogP contribution in [0.1, 0.15) is 27.2 Å². The first kappa shape index (κ1) is 19.5. The van der Waals surface area contributed by atoms with Gasteiger partial charge in [-0.1, -0.05) is 24.3 Å². The lowest BCUT2D eigenvalue weighted by Crippen LogP contribution is -2.21. The summed E-state index contributed by atoms with van der Waals surface area (Å²) in [4.78, 5) is 30.9. The van der Waals surface area contributed by atoms with E-state index in [9.17, 15) is 14.0 Å². The normalized spacial score (nSPS) is 10.9. The number of benzene rings is 2. The molecule has 4 rings (SSSR count). The summed E-state index contributed by atoms with van der Waals surface area (Å²) in [5.41, 5.74) is 1.78. The van der Waals surface area contributed by atoms with Crippen LogP contribution in [0.4, 0.5) is 4.39 Å². The van der Waals surface area contributed by atoms with Crippen LogP contribution in [0.25, 0.3) is 11.0 Å². The molecule has 2 aromatic carbocycles. The Morgan fingerprint density at radius 3 is 2.63 bits per heavy atom. The zero-order valence-electron chi connectivity index (χ0n) is 16.6. The number of aryl methyl sites for hydroxylation is 1. The molecule has 5 nitrogen and oxygen atoms in total. The van der Waals surface area contributed by atoms with Crippen LogP contribution in [0.5, 0.6) is 5.75 Å². The van der Waals surface area contributed by atoms with Crippen molar-refractivity contribution in [2.45, 2.75) is 13.5 Å². The van der Waals surface area contributed by atoms with Gasteiger partial charge in [-0.25, -0.2) is 9.37 Å². The van der Waals surface area contributed by atoms with E-state index >= 15 is 0 Å². The van der Waals surface area contributed by atoms with E-state index in [1.54, 1.807) is 53.1 Å². The van der Waals surface area contributed by atoms with Gasteiger partial charge in [-0.15, -0.1) is 0 Å². The van der Waals surface area contributed by atoms with Gasteiger partial charge in [0.2, 0.25) is 11.2 Å². The number of para-hydroxylation sites is 1. The van der Waals surface area contributed by atoms with E-state index < -0.39 is 11.2 Å². The number of aromatic nitrogens is 2. The van der Waals surface area contributed by atoms with Crippen molar-refractivity contribution < 1.29 is 13.9 Å². The molecule has 0 radical (unpaired) electrons. The number of carbonyl (C=O) groups is 1. The van der Waals surface area contributed by atoms with Crippen LogP contribution in [-0.2, 0) is 6.54 Å². The highest BCUT2D eigenvalue weighted by Crippen LogP contribution is 2.22. The van der Waals surface area contributed by atoms with E-state index in [1.807, 2.05) is 6.92 Å². The summed E-state index contributed by atoms with van der Waals surface area (Å²) in [6, 6.07) is 16.3. The van der Waals surface area contributed by atoms with Gasteiger partial charge in [0.1, 0.15) is 17.2 Å². The van der Waals surface area contributed by atoms with E-state index in [4.69, 9.17) is 4.74 Å². The molecule has 0 unspecified atom stereocenters. The number of fused-ring (bicyclic) bond motifs is 1. The summed E-state index contributed by atoms with van der Waals surface area (Å²) < 4.78 is 20.7. The van der Waals surface area contributed by atoms with Gasteiger partial charge in [-0.3, -0.25) is 9.59 Å². The summed E-state index contributed by atoms with van der Waals surface area (Å²) in [5.74, 6) is -0.402. The highest BCUT2D eigenvalue weighted by molar-refractivity contribution is 6.11. The molecule has 0 bridgehead atoms. The van der Waals surface area contributed by atoms with Crippen molar-refractivity contribution in [2.24, 2.45) is 0 Å². The van der Waals surface area contributed by atoms with E-state index in [0.717, 1.165) is 5.69 Å². The van der Waals surface area contributed by atoms with E-state index in [2.05, 4.69) is 4.98 Å². The Balaban J connectivity index is 1.93. The molecule has 4 aromatic rings. The highest BCUT2D eigenvalue weighted by Gasteiger charge is 2.20. The number of ketones is 1. The van der Waals surface area contributed by atoms with Crippen molar-refractivity contribution in [3.8, 4) is 5.75 Å². The molecular formula is C24H19FN2O3. The molecule has 0 atom stereocenters. The summed E-state index contributed by atoms with van der Waals surface area (Å²) in [7, 11) is 1.47. The predicted molar refractivity (Wildman–Crippen MR) is 113 cm³/mol. The SMILES string of the molecule is COc1ccccc1C(=O)c1cn(Cc2cccc(F)c2)c2nc(C)ccc2c1=O. The summed E-state index contributed by atoms with van der Waals surface area (Å²) in [6.07, 6.45) is 1.50. The van der Waals surface area contributed by atoms with Crippen LogP contribution in [-0.4, -0.2) is 22.4 Å². The molecular weight excluding hydrogens is 383 g/mol. The second-order valence-corrected chi connectivity index (χ2v) is 6.98. The number of nitrogens with zero attached hydrogens (tertiary/aromatic N) is 2. The molecule has 2 aromatic heterocycles. The fraction of sp³-hybridized carbons (Fsp3) is 0.125. The second kappa shape index (κ2) is 7.91. The zero-order chi connectivity index (χ0) is 21.3. The first-order valence-electron chi connectivity index (χ1n) is 9.41. The molecule has 0 fully saturated rings. The van der Waals surface area contributed by atoms with Gasteiger partial charge >= 0.3 is 0 Å². The van der Waals surface area contributed by atoms with Crippen LogP contribution in [0, 0.1) is 12.7 Å². The third-order valence-electron chi connectivity index (χ3n) is 4.90. The van der Waals surface area contributed by atoms with Gasteiger partial charge < -0.3 is 9.30 Å². The fourth-order valence-corrected chi connectivity index (χ4v) is 3.45. The van der Waals surface area contributed by atoms with Gasteiger partial charge in [-0.05, 0) is 48.9 Å². The van der Waals surface area contributed by atoms with Crippen molar-refractivity contribution in [3.05, 3.63) is 105 Å². The number of pyridine rings is 2. The standard InChI is InChI=1S/C24H19FN2O3/c1-15-10-11-19-23(29)20(22(28)18-8-3-4-9-21(18)30-2)14-27(24(19)26-15)13-16-6-5-7-17(25)12-16/h3-12,14H,13H2,1-2H3. The molecule has 30 heavy (non-hydrogen) atoms. The average molecular weight is 402 g/mol. The van der Waals surface area contributed by atoms with Crippen LogP contribution in [0.3, 0.4) is 0 Å². The van der Waals surface area contributed by atoms with Crippen LogP contribution >= 0.6 is 0 Å². The lowest BCUT2D eigenvalue weighted by molar-refractivity contribution is 0.103. The Hall–Kier alpha value is -3.80. The van der Waals surface area contributed by atoms with Crippen molar-refractivity contribution in [1.29, 1.82) is 0 Å². The Bertz CT molecular complexity index is 1330. The Morgan fingerprint density at radius 2 is 1.87 bits per heavy atom. The van der Waals surface area contributed by atoms with Crippen LogP contribution < -0.4 is 10.2 Å². The van der Waals surface area contributed by atoms with E-state index in [-0.39, 0.29) is 17.9 Å². The predicted octanol–water partition coefficient (Wildman–Crippen LogP) is 4.13. The smallest absolute Gasteiger partial charge is 0.202 e. The quantitative estimate of drug-likeness (QED) is 0.471. The van der Waals surface area contributed by atoms with Crippen molar-refractivity contribution in [2.75, 3.05) is 7.11 Å². The largest absolute Gasteiger partial charge is 0.496 e. The summed E-state index contributed by atoms with van der Waals surface area (Å²) in [6.45, 7) is 2.08. The monoisotopic (exact) mass is 402 g/mol. The maximum Gasteiger partial charge on any atom is 0.202 e. The lowest BCUT2D eigenvalue weighted by atomic mass is 10.0. The topological polar surface area (TPSA) is 61.2 Å². The highest BCUT2D eigenvalue weighted by atomic mass is 19.1. The number of hydrogen-bond donors (Lipinski definition) is 0. The Kier molecular flexibility index (Phi) is 5.14. The summed E-state index contributed by atoms with van der Waals surface area (Å²) in [5, 5.41) is 0.331. The first-order valence-corrected chi connectivity index (χ1v) is 9.41. The van der Waals surface area contributed by atoms with Crippen molar-refractivity contribution in [1.82, 2.24) is 9.55 Å². The van der Waals surface area contributed by atoms with Crippen LogP contribution in [0.2, 0.25) is 0 Å². The molecule has 150 valence electrons. The van der Waals surface area contributed by atoms with E-state index in [0.29, 0.717) is 27.9 Å². The molecule has 0 spiro atoms. The Labute approximate surface area is 172 Å². The Morgan fingerprint density at radius 1 is 1.07 bits per heavy atom. The molecule has 0 aliphatic heterocycles. The average Bonchev–Trinajstić information content (AvgIpc) is 2.75. The zero-order valence-corrected chi connectivity index (χ0v) is 16.6. The molecule has 0 amide bonds. The molecule has 6 heteroatoms. The van der Waals surface area contributed by atoms with Gasteiger partial charge in [0.25, 0.3) is 0 Å². The molecule has 0 aliphatic rings. The van der Waals surface area contributed by atoms with Gasteiger partial charge in [0, 0.05) is 18.4 Å². The van der Waals surface area contributed by atoms with Crippen LogP contribution in [0.15, 0.2) is 71.7 Å². The first-order chi connectivity index (χ1) is 14.5. The fourth-order valence-electron chi connectivity index (χ4n) is 3.45. The van der Waals surface area contributed by atoms with Gasteiger partial charge in [0.05, 0.1) is 23.6 Å². The maximum atomic E-state index is 13.7. The minimum atomic E-state index is -0.437. The maximum absolute atomic E-state index is 13.7. The number of carbonyl (C=O) groups excluding carboxylic acids is 1. The minimum Gasteiger partial charge on any atom is -0.496 e. The van der Waals surface area contributed by atoms with Crippen molar-refractivity contribution in [3.63, 3.8) is 0 Å². The summed E-state index contributed by atoms with van der Waals surface area (Å²) >= 11 is 0. The number of methoxy groups -OCH3 is 1. The minimum absolute atomic E-state index is 0.00839.